The number of rotatable bonds is 8. The molecule has 1 aliphatic heterocycles. The van der Waals surface area contributed by atoms with Crippen molar-refractivity contribution in [3.05, 3.63) is 29.8 Å². The molecule has 0 aliphatic carbocycles. The Bertz CT molecular complexity index is 391. The van der Waals surface area contributed by atoms with E-state index in [1.807, 2.05) is 12.1 Å². The minimum Gasteiger partial charge on any atom is -0.497 e. The highest BCUT2D eigenvalue weighted by Crippen LogP contribution is 2.20. The third-order valence-corrected chi connectivity index (χ3v) is 3.56. The van der Waals surface area contributed by atoms with Gasteiger partial charge in [0.1, 0.15) is 5.75 Å². The summed E-state index contributed by atoms with van der Waals surface area (Å²) in [6.45, 7) is 5.23. The van der Waals surface area contributed by atoms with Gasteiger partial charge in [0.25, 0.3) is 0 Å². The highest BCUT2D eigenvalue weighted by atomic mass is 16.5. The molecule has 1 aliphatic rings. The topological polar surface area (TPSA) is 39.7 Å². The van der Waals surface area contributed by atoms with Crippen LogP contribution in [0.15, 0.2) is 24.3 Å². The van der Waals surface area contributed by atoms with Gasteiger partial charge in [-0.1, -0.05) is 19.1 Å². The number of likely N-dealkylation sites (N-methyl/N-ethyl adjacent to an activating group) is 1. The van der Waals surface area contributed by atoms with Crippen LogP contribution in [0.5, 0.6) is 5.75 Å². The molecule has 0 amide bonds. The highest BCUT2D eigenvalue weighted by molar-refractivity contribution is 5.30. The molecule has 1 saturated heterocycles. The molecule has 1 N–H and O–H groups in total. The monoisotopic (exact) mass is 279 g/mol. The van der Waals surface area contributed by atoms with E-state index in [0.29, 0.717) is 13.2 Å². The molecule has 0 radical (unpaired) electrons. The minimum atomic E-state index is 0.191. The molecule has 2 rings (SSSR count). The molecule has 112 valence electrons. The molecule has 4 heteroatoms. The Balaban J connectivity index is 1.87. The van der Waals surface area contributed by atoms with Crippen LogP contribution in [0.2, 0.25) is 0 Å². The molecule has 0 spiro atoms. The fraction of sp³-hybridized carbons (Fsp3) is 0.625. The number of methoxy groups -OCH3 is 1. The number of nitrogens with one attached hydrogen (secondary N) is 1. The lowest BCUT2D eigenvalue weighted by atomic mass is 10.1. The molecular formula is C16H25NO3. The van der Waals surface area contributed by atoms with Gasteiger partial charge in [-0.25, -0.2) is 0 Å². The van der Waals surface area contributed by atoms with Crippen LogP contribution in [-0.2, 0) is 9.47 Å². The summed E-state index contributed by atoms with van der Waals surface area (Å²) in [5.74, 6) is 0.879. The van der Waals surface area contributed by atoms with Gasteiger partial charge >= 0.3 is 0 Å². The van der Waals surface area contributed by atoms with E-state index < -0.39 is 0 Å². The van der Waals surface area contributed by atoms with Crippen LogP contribution < -0.4 is 10.1 Å². The summed E-state index contributed by atoms with van der Waals surface area (Å²) in [5.41, 5.74) is 1.19. The van der Waals surface area contributed by atoms with E-state index in [0.717, 1.165) is 31.7 Å². The predicted molar refractivity (Wildman–Crippen MR) is 79.2 cm³/mol. The summed E-state index contributed by atoms with van der Waals surface area (Å²) in [6, 6.07) is 8.32. The number of ether oxygens (including phenoxy) is 3. The highest BCUT2D eigenvalue weighted by Gasteiger charge is 2.17. The van der Waals surface area contributed by atoms with Crippen molar-refractivity contribution in [3.8, 4) is 5.75 Å². The molecule has 0 bridgehead atoms. The Morgan fingerprint density at radius 3 is 3.05 bits per heavy atom. The predicted octanol–water partition coefficient (Wildman–Crippen LogP) is 2.54. The van der Waals surface area contributed by atoms with Crippen molar-refractivity contribution >= 4 is 0 Å². The fourth-order valence-electron chi connectivity index (χ4n) is 2.47. The molecule has 1 heterocycles. The van der Waals surface area contributed by atoms with Crippen LogP contribution in [0.25, 0.3) is 0 Å². The quantitative estimate of drug-likeness (QED) is 0.794. The van der Waals surface area contributed by atoms with Crippen LogP contribution in [0.3, 0.4) is 0 Å². The van der Waals surface area contributed by atoms with Crippen LogP contribution in [0.4, 0.5) is 0 Å². The molecule has 2 atom stereocenters. The van der Waals surface area contributed by atoms with Crippen molar-refractivity contribution in [1.82, 2.24) is 5.32 Å². The first kappa shape index (κ1) is 15.3. The summed E-state index contributed by atoms with van der Waals surface area (Å²) < 4.78 is 16.7. The zero-order chi connectivity index (χ0) is 14.2. The maximum Gasteiger partial charge on any atom is 0.119 e. The standard InChI is InChI=1S/C16H25NO3/c1-3-17-16(12-19-11-15-8-5-9-20-15)13-6-4-7-14(10-13)18-2/h4,6-7,10,15-17H,3,5,8-9,11-12H2,1-2H3. The average molecular weight is 279 g/mol. The Kier molecular flexibility index (Phi) is 6.30. The molecule has 2 unspecified atom stereocenters. The summed E-state index contributed by atoms with van der Waals surface area (Å²) >= 11 is 0. The second kappa shape index (κ2) is 8.25. The van der Waals surface area contributed by atoms with E-state index in [9.17, 15) is 0 Å². The lowest BCUT2D eigenvalue weighted by molar-refractivity contribution is 0.0101. The molecule has 1 aromatic carbocycles. The third-order valence-electron chi connectivity index (χ3n) is 3.56. The second-order valence-electron chi connectivity index (χ2n) is 5.06. The Hall–Kier alpha value is -1.10. The molecule has 4 nitrogen and oxygen atoms in total. The van der Waals surface area contributed by atoms with E-state index in [1.54, 1.807) is 7.11 Å². The van der Waals surface area contributed by atoms with Crippen LogP contribution in [0.1, 0.15) is 31.4 Å². The van der Waals surface area contributed by atoms with Gasteiger partial charge in [0.2, 0.25) is 0 Å². The summed E-state index contributed by atoms with van der Waals surface area (Å²) in [7, 11) is 1.69. The number of hydrogen-bond donors (Lipinski definition) is 1. The summed E-state index contributed by atoms with van der Waals surface area (Å²) in [6.07, 6.45) is 2.55. The zero-order valence-corrected chi connectivity index (χ0v) is 12.4. The van der Waals surface area contributed by atoms with Crippen molar-refractivity contribution in [2.75, 3.05) is 33.5 Å². The second-order valence-corrected chi connectivity index (χ2v) is 5.06. The van der Waals surface area contributed by atoms with Crippen LogP contribution in [0, 0.1) is 0 Å². The van der Waals surface area contributed by atoms with Gasteiger partial charge in [0, 0.05) is 6.61 Å². The maximum atomic E-state index is 5.83. The third kappa shape index (κ3) is 4.47. The van der Waals surface area contributed by atoms with E-state index in [1.165, 1.54) is 5.56 Å². The van der Waals surface area contributed by atoms with Crippen molar-refractivity contribution in [2.45, 2.75) is 31.9 Å². The van der Waals surface area contributed by atoms with Gasteiger partial charge in [0.05, 0.1) is 32.5 Å². The first-order chi connectivity index (χ1) is 9.83. The van der Waals surface area contributed by atoms with Crippen LogP contribution in [-0.4, -0.2) is 39.6 Å². The molecular weight excluding hydrogens is 254 g/mol. The number of benzene rings is 1. The molecule has 1 aromatic rings. The van der Waals surface area contributed by atoms with E-state index in [4.69, 9.17) is 14.2 Å². The Morgan fingerprint density at radius 2 is 2.35 bits per heavy atom. The molecule has 20 heavy (non-hydrogen) atoms. The summed E-state index contributed by atoms with van der Waals surface area (Å²) in [5, 5.41) is 3.45. The zero-order valence-electron chi connectivity index (χ0n) is 12.4. The lowest BCUT2D eigenvalue weighted by Gasteiger charge is -2.20. The van der Waals surface area contributed by atoms with Crippen molar-refractivity contribution in [1.29, 1.82) is 0 Å². The van der Waals surface area contributed by atoms with Gasteiger partial charge in [-0.15, -0.1) is 0 Å². The van der Waals surface area contributed by atoms with Gasteiger partial charge < -0.3 is 19.5 Å². The van der Waals surface area contributed by atoms with Gasteiger partial charge in [-0.05, 0) is 37.1 Å². The van der Waals surface area contributed by atoms with E-state index >= 15 is 0 Å². The van der Waals surface area contributed by atoms with Gasteiger partial charge in [-0.2, -0.15) is 0 Å². The fourth-order valence-corrected chi connectivity index (χ4v) is 2.47. The van der Waals surface area contributed by atoms with Crippen molar-refractivity contribution in [3.63, 3.8) is 0 Å². The normalized spacial score (nSPS) is 20.0. The Morgan fingerprint density at radius 1 is 1.45 bits per heavy atom. The molecule has 1 fully saturated rings. The first-order valence-corrected chi connectivity index (χ1v) is 7.40. The smallest absolute Gasteiger partial charge is 0.119 e. The van der Waals surface area contributed by atoms with Crippen LogP contribution >= 0.6 is 0 Å². The van der Waals surface area contributed by atoms with Crippen molar-refractivity contribution < 1.29 is 14.2 Å². The van der Waals surface area contributed by atoms with Crippen molar-refractivity contribution in [2.24, 2.45) is 0 Å². The SMILES string of the molecule is CCNC(COCC1CCCO1)c1cccc(OC)c1. The minimum absolute atomic E-state index is 0.191. The molecule has 0 saturated carbocycles. The van der Waals surface area contributed by atoms with E-state index in [2.05, 4.69) is 24.4 Å². The first-order valence-electron chi connectivity index (χ1n) is 7.40. The average Bonchev–Trinajstić information content (AvgIpc) is 3.00. The number of hydrogen-bond acceptors (Lipinski definition) is 4. The largest absolute Gasteiger partial charge is 0.497 e. The summed E-state index contributed by atoms with van der Waals surface area (Å²) in [4.78, 5) is 0. The maximum absolute atomic E-state index is 5.83. The van der Waals surface area contributed by atoms with Gasteiger partial charge in [-0.3, -0.25) is 0 Å². The van der Waals surface area contributed by atoms with Gasteiger partial charge in [0.15, 0.2) is 0 Å². The van der Waals surface area contributed by atoms with E-state index in [-0.39, 0.29) is 12.1 Å². The Labute approximate surface area is 121 Å². The lowest BCUT2D eigenvalue weighted by Crippen LogP contribution is -2.27. The molecule has 0 aromatic heterocycles.